The third-order valence-corrected chi connectivity index (χ3v) is 9.63. The van der Waals surface area contributed by atoms with Gasteiger partial charge in [0.2, 0.25) is 11.8 Å². The first-order valence-electron chi connectivity index (χ1n) is 16.7. The number of hydrogen-bond acceptors (Lipinski definition) is 23. The predicted molar refractivity (Wildman–Crippen MR) is 167 cm³/mol. The molecule has 0 bridgehead atoms. The molecule has 26 nitrogen and oxygen atoms in total. The molecule has 4 saturated heterocycles. The molecule has 4 aliphatic heterocycles. The second-order valence-electron chi connectivity index (χ2n) is 13.2. The average Bonchev–Trinajstić information content (AvgIpc) is 3.11. The molecule has 1 unspecified atom stereocenters. The number of ether oxygens (including phenoxy) is 7. The summed E-state index contributed by atoms with van der Waals surface area (Å²) in [6.07, 6.45) is -33.1. The number of hydrogen-bond donors (Lipinski definition) is 14. The van der Waals surface area contributed by atoms with Gasteiger partial charge >= 0.3 is 10.4 Å². The number of rotatable bonds is 14. The molecule has 0 spiro atoms. The SMILES string of the molecule is CC(=O)N[C@H]1[C@H](OC[C@H]2OC(O)[C@H](NC(C)=O)[C@@H](O[C@@H]3O[C@H](CO)[C@H](O)[C@H](O)[C@H]3O)[C@H]2O)O[C@H](COS(=O)(=O)O)[C@@H](O[C@@H]2O[C@H](CO)[C@H](O)[C@H](O)[C@H]2O)[C@@H]1O. The van der Waals surface area contributed by atoms with Gasteiger partial charge in [0.05, 0.1) is 26.4 Å². The predicted octanol–water partition coefficient (Wildman–Crippen LogP) is -9.63. The Bertz CT molecular complexity index is 1380. The van der Waals surface area contributed by atoms with Crippen molar-refractivity contribution in [2.45, 2.75) is 137 Å². The van der Waals surface area contributed by atoms with Crippen molar-refractivity contribution >= 4 is 22.2 Å². The van der Waals surface area contributed by atoms with Crippen molar-refractivity contribution in [2.75, 3.05) is 26.4 Å². The highest BCUT2D eigenvalue weighted by molar-refractivity contribution is 7.80. The van der Waals surface area contributed by atoms with Gasteiger partial charge in [-0.05, 0) is 0 Å². The van der Waals surface area contributed by atoms with Crippen LogP contribution in [0.5, 0.6) is 0 Å². The molecule has 20 atom stereocenters. The maximum Gasteiger partial charge on any atom is 0.397 e. The van der Waals surface area contributed by atoms with Gasteiger partial charge in [-0.3, -0.25) is 14.1 Å². The number of aliphatic hydroxyl groups excluding tert-OH is 11. The van der Waals surface area contributed by atoms with E-state index in [0.717, 1.165) is 13.8 Å². The Morgan fingerprint density at radius 1 is 0.564 bits per heavy atom. The number of carbonyl (C=O) groups excluding carboxylic acids is 2. The second-order valence-corrected chi connectivity index (χ2v) is 14.3. The van der Waals surface area contributed by atoms with Gasteiger partial charge in [-0.2, -0.15) is 8.42 Å². The average molecular weight is 829 g/mol. The van der Waals surface area contributed by atoms with E-state index in [0.29, 0.717) is 0 Å². The Kier molecular flexibility index (Phi) is 16.0. The fraction of sp³-hybridized carbons (Fsp3) is 0.929. The van der Waals surface area contributed by atoms with Crippen LogP contribution < -0.4 is 10.6 Å². The summed E-state index contributed by atoms with van der Waals surface area (Å²) in [5.41, 5.74) is 0. The maximum absolute atomic E-state index is 12.2. The standard InChI is InChI=1S/C28H48N2O24S/c1-7(33)29-13-18(38)23(53-27-21(41)19(39)15(35)9(3-31)50-27)12(6-48-55(44,45)46)52-26(13)47-5-11-17(37)24(14(25(43)49-11)30-8(2)34)54-28-22(42)20(40)16(36)10(4-32)51-28/h9-28,31-32,35-43H,3-6H2,1-2H3,(H,29,33)(H,30,34)(H,44,45,46)/t9-,10-,11-,12-,13-,14-,15+,16+,17+,18-,19+,20+,21-,22-,23-,24-,25?,26-,27+,28+/m1/s1. The van der Waals surface area contributed by atoms with Crippen LogP contribution in [0.1, 0.15) is 13.8 Å². The summed E-state index contributed by atoms with van der Waals surface area (Å²) in [7, 11) is -5.19. The number of aliphatic hydroxyl groups is 11. The van der Waals surface area contributed by atoms with E-state index in [1.54, 1.807) is 0 Å². The van der Waals surface area contributed by atoms with Gasteiger partial charge in [0.25, 0.3) is 0 Å². The first-order chi connectivity index (χ1) is 25.7. The zero-order chi connectivity index (χ0) is 41.1. The van der Waals surface area contributed by atoms with Gasteiger partial charge in [0.1, 0.15) is 97.5 Å². The van der Waals surface area contributed by atoms with Gasteiger partial charge in [-0.25, -0.2) is 4.18 Å². The topological polar surface area (TPSA) is 409 Å². The second kappa shape index (κ2) is 19.2. The Labute approximate surface area is 311 Å². The molecule has 0 aromatic rings. The van der Waals surface area contributed by atoms with Gasteiger partial charge < -0.3 is 100.0 Å². The molecule has 4 fully saturated rings. The minimum absolute atomic E-state index is 0.752. The lowest BCUT2D eigenvalue weighted by Crippen LogP contribution is -2.69. The van der Waals surface area contributed by atoms with Crippen LogP contribution >= 0.6 is 0 Å². The first-order valence-corrected chi connectivity index (χ1v) is 18.1. The van der Waals surface area contributed by atoms with E-state index in [-0.39, 0.29) is 0 Å². The molecule has 4 rings (SSSR count). The van der Waals surface area contributed by atoms with Crippen LogP contribution in [-0.4, -0.2) is 230 Å². The zero-order valence-electron chi connectivity index (χ0n) is 29.0. The number of nitrogens with one attached hydrogen (secondary N) is 2. The monoisotopic (exact) mass is 828 g/mol. The van der Waals surface area contributed by atoms with Gasteiger partial charge in [0.15, 0.2) is 25.2 Å². The summed E-state index contributed by atoms with van der Waals surface area (Å²) in [6, 6.07) is -3.26. The van der Waals surface area contributed by atoms with Crippen LogP contribution in [0.3, 0.4) is 0 Å². The van der Waals surface area contributed by atoms with E-state index < -0.39 is 171 Å². The van der Waals surface area contributed by atoms with Crippen LogP contribution in [0.25, 0.3) is 0 Å². The molecule has 2 amide bonds. The van der Waals surface area contributed by atoms with Crippen LogP contribution in [-0.2, 0) is 57.3 Å². The Balaban J connectivity index is 1.58. The fourth-order valence-electron chi connectivity index (χ4n) is 6.39. The lowest BCUT2D eigenvalue weighted by Gasteiger charge is -2.48. The van der Waals surface area contributed by atoms with E-state index in [1.165, 1.54) is 0 Å². The largest absolute Gasteiger partial charge is 0.397 e. The van der Waals surface area contributed by atoms with Gasteiger partial charge in [-0.15, -0.1) is 0 Å². The van der Waals surface area contributed by atoms with Crippen molar-refractivity contribution in [3.05, 3.63) is 0 Å². The smallest absolute Gasteiger partial charge is 0.394 e. The molecule has 0 aliphatic carbocycles. The normalized spacial score (nSPS) is 45.5. The molecule has 320 valence electrons. The number of carbonyl (C=O) groups is 2. The van der Waals surface area contributed by atoms with Crippen molar-refractivity contribution in [1.82, 2.24) is 10.6 Å². The van der Waals surface area contributed by atoms with Crippen molar-refractivity contribution < 1.29 is 116 Å². The number of amides is 2. The Hall–Kier alpha value is -1.91. The molecular formula is C28H48N2O24S. The molecule has 4 aliphatic rings. The summed E-state index contributed by atoms with van der Waals surface area (Å²) in [4.78, 5) is 24.2. The summed E-state index contributed by atoms with van der Waals surface area (Å²) >= 11 is 0. The summed E-state index contributed by atoms with van der Waals surface area (Å²) in [5, 5.41) is 119. The van der Waals surface area contributed by atoms with Gasteiger partial charge in [0, 0.05) is 13.8 Å². The Morgan fingerprint density at radius 3 is 1.51 bits per heavy atom. The third kappa shape index (κ3) is 11.0. The van der Waals surface area contributed by atoms with E-state index in [4.69, 9.17) is 33.2 Å². The minimum Gasteiger partial charge on any atom is -0.394 e. The molecule has 0 radical (unpaired) electrons. The molecule has 0 aromatic carbocycles. The fourth-order valence-corrected chi connectivity index (χ4v) is 6.69. The minimum atomic E-state index is -5.19. The van der Waals surface area contributed by atoms with Crippen molar-refractivity contribution in [2.24, 2.45) is 0 Å². The molecule has 27 heteroatoms. The van der Waals surface area contributed by atoms with Gasteiger partial charge in [-0.1, -0.05) is 0 Å². The van der Waals surface area contributed by atoms with E-state index in [9.17, 15) is 78.7 Å². The molecule has 55 heavy (non-hydrogen) atoms. The third-order valence-electron chi connectivity index (χ3n) is 9.19. The Morgan fingerprint density at radius 2 is 1.04 bits per heavy atom. The molecule has 14 N–H and O–H groups in total. The summed E-state index contributed by atoms with van der Waals surface area (Å²) in [5.74, 6) is -1.56. The highest BCUT2D eigenvalue weighted by Crippen LogP contribution is 2.32. The van der Waals surface area contributed by atoms with Crippen molar-refractivity contribution in [3.8, 4) is 0 Å². The lowest BCUT2D eigenvalue weighted by atomic mass is 9.94. The van der Waals surface area contributed by atoms with E-state index >= 15 is 0 Å². The molecule has 0 saturated carbocycles. The van der Waals surface area contributed by atoms with Crippen LogP contribution in [0, 0.1) is 0 Å². The highest BCUT2D eigenvalue weighted by atomic mass is 32.3. The van der Waals surface area contributed by atoms with Crippen LogP contribution in [0.4, 0.5) is 0 Å². The maximum atomic E-state index is 12.2. The zero-order valence-corrected chi connectivity index (χ0v) is 29.9. The molecule has 4 heterocycles. The molecule has 0 aromatic heterocycles. The first kappa shape index (κ1) is 45.8. The van der Waals surface area contributed by atoms with E-state index in [1.807, 2.05) is 0 Å². The quantitative estimate of drug-likeness (QED) is 0.0723. The summed E-state index contributed by atoms with van der Waals surface area (Å²) in [6.45, 7) is -1.64. The lowest BCUT2D eigenvalue weighted by molar-refractivity contribution is -0.355. The van der Waals surface area contributed by atoms with E-state index in [2.05, 4.69) is 14.8 Å². The van der Waals surface area contributed by atoms with Crippen molar-refractivity contribution in [1.29, 1.82) is 0 Å². The van der Waals surface area contributed by atoms with Crippen molar-refractivity contribution in [3.63, 3.8) is 0 Å². The molecular weight excluding hydrogens is 780 g/mol. The van der Waals surface area contributed by atoms with Crippen LogP contribution in [0.2, 0.25) is 0 Å². The van der Waals surface area contributed by atoms with Crippen LogP contribution in [0.15, 0.2) is 0 Å². The summed E-state index contributed by atoms with van der Waals surface area (Å²) < 4.78 is 75.4. The highest BCUT2D eigenvalue weighted by Gasteiger charge is 2.54.